The first kappa shape index (κ1) is 16.1. The molecule has 2 rings (SSSR count). The van der Waals surface area contributed by atoms with Crippen LogP contribution in [0.1, 0.15) is 47.3 Å². The van der Waals surface area contributed by atoms with Crippen LogP contribution in [-0.2, 0) is 11.3 Å². The Hall–Kier alpha value is -1.31. The van der Waals surface area contributed by atoms with Gasteiger partial charge in [-0.2, -0.15) is 0 Å². The van der Waals surface area contributed by atoms with Gasteiger partial charge in [-0.1, -0.05) is 54.4 Å². The lowest BCUT2D eigenvalue weighted by Crippen LogP contribution is -2.05. The lowest BCUT2D eigenvalue weighted by Gasteiger charge is -2.19. The van der Waals surface area contributed by atoms with Crippen LogP contribution in [0.25, 0.3) is 0 Å². The van der Waals surface area contributed by atoms with Crippen LogP contribution in [-0.4, -0.2) is 0 Å². The molecule has 0 N–H and O–H groups in total. The van der Waals surface area contributed by atoms with Gasteiger partial charge < -0.3 is 4.74 Å². The molecule has 1 nitrogen and oxygen atoms in total. The number of hydrogen-bond acceptors (Lipinski definition) is 1. The van der Waals surface area contributed by atoms with E-state index in [1.807, 2.05) is 13.0 Å². The molecule has 1 atom stereocenters. The average molecular weight is 303 g/mol. The van der Waals surface area contributed by atoms with Crippen LogP contribution in [0.5, 0.6) is 0 Å². The molecule has 0 amide bonds. The monoisotopic (exact) mass is 302 g/mol. The molecule has 2 aromatic rings. The molecule has 0 fully saturated rings. The lowest BCUT2D eigenvalue weighted by molar-refractivity contribution is 0.0369. The average Bonchev–Trinajstić information content (AvgIpc) is 2.43. The Bertz CT molecular complexity index is 619. The molecule has 0 saturated heterocycles. The number of halogens is 1. The fraction of sp³-hybridized carbons (Fsp3) is 0.368. The summed E-state index contributed by atoms with van der Waals surface area (Å²) < 4.78 is 6.12. The topological polar surface area (TPSA) is 9.23 Å². The lowest BCUT2D eigenvalue weighted by atomic mass is 10.0. The second kappa shape index (κ2) is 7.11. The van der Waals surface area contributed by atoms with E-state index < -0.39 is 0 Å². The van der Waals surface area contributed by atoms with Crippen LogP contribution >= 0.6 is 11.6 Å². The first-order chi connectivity index (χ1) is 10.0. The molecule has 0 aliphatic rings. The minimum atomic E-state index is 0.0406. The molecule has 0 saturated carbocycles. The summed E-state index contributed by atoms with van der Waals surface area (Å²) in [5, 5.41) is 0.794. The van der Waals surface area contributed by atoms with Crippen molar-refractivity contribution >= 4 is 11.6 Å². The predicted octanol–water partition coefficient (Wildman–Crippen LogP) is 5.93. The van der Waals surface area contributed by atoms with Gasteiger partial charge >= 0.3 is 0 Å². The Morgan fingerprint density at radius 3 is 2.29 bits per heavy atom. The van der Waals surface area contributed by atoms with E-state index in [0.29, 0.717) is 6.61 Å². The maximum Gasteiger partial charge on any atom is 0.0841 e. The number of aryl methyl sites for hydroxylation is 3. The maximum absolute atomic E-state index is 6.36. The summed E-state index contributed by atoms with van der Waals surface area (Å²) in [4.78, 5) is 0. The van der Waals surface area contributed by atoms with E-state index in [9.17, 15) is 0 Å². The van der Waals surface area contributed by atoms with Gasteiger partial charge in [0.25, 0.3) is 0 Å². The highest BCUT2D eigenvalue weighted by molar-refractivity contribution is 6.31. The highest BCUT2D eigenvalue weighted by Crippen LogP contribution is 2.30. The van der Waals surface area contributed by atoms with Crippen LogP contribution in [0.15, 0.2) is 36.4 Å². The zero-order chi connectivity index (χ0) is 15.4. The van der Waals surface area contributed by atoms with Crippen molar-refractivity contribution in [3.63, 3.8) is 0 Å². The van der Waals surface area contributed by atoms with Crippen molar-refractivity contribution in [2.75, 3.05) is 0 Å². The van der Waals surface area contributed by atoms with Gasteiger partial charge in [0.2, 0.25) is 0 Å². The van der Waals surface area contributed by atoms with Gasteiger partial charge in [0.1, 0.15) is 0 Å². The standard InChI is InChI=1S/C19H23ClO/c1-5-19(17-9-7-14(3)11-18(17)20)21-12-16-8-6-13(2)10-15(16)4/h6-11,19H,5,12H2,1-4H3. The van der Waals surface area contributed by atoms with Gasteiger partial charge in [0.15, 0.2) is 0 Å². The van der Waals surface area contributed by atoms with E-state index in [-0.39, 0.29) is 6.10 Å². The second-order valence-corrected chi connectivity index (χ2v) is 6.07. The molecule has 0 heterocycles. The molecule has 112 valence electrons. The van der Waals surface area contributed by atoms with Crippen molar-refractivity contribution in [2.24, 2.45) is 0 Å². The van der Waals surface area contributed by atoms with Gasteiger partial charge in [0, 0.05) is 5.02 Å². The van der Waals surface area contributed by atoms with E-state index in [0.717, 1.165) is 17.0 Å². The molecule has 0 spiro atoms. The van der Waals surface area contributed by atoms with E-state index >= 15 is 0 Å². The van der Waals surface area contributed by atoms with Gasteiger partial charge in [-0.05, 0) is 55.5 Å². The number of hydrogen-bond donors (Lipinski definition) is 0. The van der Waals surface area contributed by atoms with Crippen LogP contribution in [0.4, 0.5) is 0 Å². The summed E-state index contributed by atoms with van der Waals surface area (Å²) in [5.41, 5.74) is 6.05. The smallest absolute Gasteiger partial charge is 0.0841 e. The van der Waals surface area contributed by atoms with Crippen molar-refractivity contribution in [1.29, 1.82) is 0 Å². The Morgan fingerprint density at radius 2 is 1.67 bits per heavy atom. The normalized spacial score (nSPS) is 12.4. The summed E-state index contributed by atoms with van der Waals surface area (Å²) in [6.45, 7) is 9.04. The van der Waals surface area contributed by atoms with Crippen molar-refractivity contribution in [3.8, 4) is 0 Å². The van der Waals surface area contributed by atoms with Crippen molar-refractivity contribution in [3.05, 3.63) is 69.2 Å². The molecule has 0 bridgehead atoms. The first-order valence-corrected chi connectivity index (χ1v) is 7.82. The Labute approximate surface area is 132 Å². The second-order valence-electron chi connectivity index (χ2n) is 5.66. The van der Waals surface area contributed by atoms with Crippen LogP contribution in [0, 0.1) is 20.8 Å². The Kier molecular flexibility index (Phi) is 5.44. The fourth-order valence-electron chi connectivity index (χ4n) is 2.52. The zero-order valence-electron chi connectivity index (χ0n) is 13.2. The minimum absolute atomic E-state index is 0.0406. The van der Waals surface area contributed by atoms with Gasteiger partial charge in [-0.25, -0.2) is 0 Å². The molecule has 0 aliphatic carbocycles. The van der Waals surface area contributed by atoms with Gasteiger partial charge in [0.05, 0.1) is 12.7 Å². The molecule has 0 aliphatic heterocycles. The third kappa shape index (κ3) is 4.09. The van der Waals surface area contributed by atoms with Crippen LogP contribution < -0.4 is 0 Å². The molecule has 21 heavy (non-hydrogen) atoms. The maximum atomic E-state index is 6.36. The van der Waals surface area contributed by atoms with E-state index in [4.69, 9.17) is 16.3 Å². The molecule has 0 radical (unpaired) electrons. The van der Waals surface area contributed by atoms with Crippen LogP contribution in [0.3, 0.4) is 0 Å². The van der Waals surface area contributed by atoms with E-state index in [2.05, 4.69) is 51.1 Å². The summed E-state index contributed by atoms with van der Waals surface area (Å²) in [6.07, 6.45) is 0.951. The summed E-state index contributed by atoms with van der Waals surface area (Å²) in [7, 11) is 0. The fourth-order valence-corrected chi connectivity index (χ4v) is 2.88. The molecular weight excluding hydrogens is 280 g/mol. The molecule has 2 heteroatoms. The van der Waals surface area contributed by atoms with Gasteiger partial charge in [-0.15, -0.1) is 0 Å². The molecule has 0 aromatic heterocycles. The minimum Gasteiger partial charge on any atom is -0.369 e. The molecule has 1 unspecified atom stereocenters. The predicted molar refractivity (Wildman–Crippen MR) is 89.9 cm³/mol. The van der Waals surface area contributed by atoms with Crippen molar-refractivity contribution in [2.45, 2.75) is 46.8 Å². The summed E-state index contributed by atoms with van der Waals surface area (Å²) in [6, 6.07) is 12.6. The van der Waals surface area contributed by atoms with Crippen molar-refractivity contribution in [1.82, 2.24) is 0 Å². The highest BCUT2D eigenvalue weighted by Gasteiger charge is 2.14. The van der Waals surface area contributed by atoms with Gasteiger partial charge in [-0.3, -0.25) is 0 Å². The number of ether oxygens (including phenoxy) is 1. The van der Waals surface area contributed by atoms with E-state index in [1.54, 1.807) is 0 Å². The third-order valence-electron chi connectivity index (χ3n) is 3.81. The quantitative estimate of drug-likeness (QED) is 0.665. The number of rotatable bonds is 5. The zero-order valence-corrected chi connectivity index (χ0v) is 14.0. The SMILES string of the molecule is CCC(OCc1ccc(C)cc1C)c1ccc(C)cc1Cl. The van der Waals surface area contributed by atoms with E-state index in [1.165, 1.54) is 22.3 Å². The summed E-state index contributed by atoms with van der Waals surface area (Å²) >= 11 is 6.36. The Morgan fingerprint density at radius 1 is 1.00 bits per heavy atom. The van der Waals surface area contributed by atoms with Crippen molar-refractivity contribution < 1.29 is 4.74 Å². The molecular formula is C19H23ClO. The van der Waals surface area contributed by atoms with Crippen LogP contribution in [0.2, 0.25) is 5.02 Å². The first-order valence-electron chi connectivity index (χ1n) is 7.45. The number of benzene rings is 2. The third-order valence-corrected chi connectivity index (χ3v) is 4.14. The largest absolute Gasteiger partial charge is 0.369 e. The molecule has 2 aromatic carbocycles. The summed E-state index contributed by atoms with van der Waals surface area (Å²) in [5.74, 6) is 0. The Balaban J connectivity index is 2.12. The highest BCUT2D eigenvalue weighted by atomic mass is 35.5.